The van der Waals surface area contributed by atoms with Crippen LogP contribution >= 0.6 is 11.8 Å². The topological polar surface area (TPSA) is 126 Å². The number of benzene rings is 2. The number of nitro benzene ring substituents is 1. The molecule has 1 aromatic heterocycles. The van der Waals surface area contributed by atoms with E-state index in [0.717, 1.165) is 5.52 Å². The van der Waals surface area contributed by atoms with Crippen molar-refractivity contribution in [3.05, 3.63) is 52.1 Å². The summed E-state index contributed by atoms with van der Waals surface area (Å²) < 4.78 is 12.0. The fraction of sp³-hybridized carbons (Fsp3) is 0.286. The minimum absolute atomic E-state index is 0.00274. The van der Waals surface area contributed by atoms with Gasteiger partial charge in [0.1, 0.15) is 11.4 Å². The van der Waals surface area contributed by atoms with E-state index in [1.165, 1.54) is 37.1 Å². The summed E-state index contributed by atoms with van der Waals surface area (Å²) in [5.41, 5.74) is 1.68. The van der Waals surface area contributed by atoms with Gasteiger partial charge in [-0.2, -0.15) is 0 Å². The molecule has 0 aliphatic carbocycles. The van der Waals surface area contributed by atoms with Gasteiger partial charge in [-0.25, -0.2) is 9.78 Å². The number of nitrogens with zero attached hydrogens (tertiary/aromatic N) is 3. The first-order valence-corrected chi connectivity index (χ1v) is 10.8. The fourth-order valence-corrected chi connectivity index (χ4v) is 3.95. The number of amides is 1. The van der Waals surface area contributed by atoms with Gasteiger partial charge in [0, 0.05) is 6.54 Å². The predicted molar refractivity (Wildman–Crippen MR) is 120 cm³/mol. The summed E-state index contributed by atoms with van der Waals surface area (Å²) in [7, 11) is 1.41. The average Bonchev–Trinajstić information content (AvgIpc) is 3.14. The van der Waals surface area contributed by atoms with Crippen LogP contribution in [0.25, 0.3) is 11.0 Å². The quantitative estimate of drug-likeness (QED) is 0.222. The Morgan fingerprint density at radius 3 is 2.66 bits per heavy atom. The van der Waals surface area contributed by atoms with Gasteiger partial charge >= 0.3 is 5.97 Å². The van der Waals surface area contributed by atoms with Crippen molar-refractivity contribution in [2.45, 2.75) is 25.5 Å². The van der Waals surface area contributed by atoms with Crippen LogP contribution in [0.4, 0.5) is 11.4 Å². The summed E-state index contributed by atoms with van der Waals surface area (Å²) in [6.45, 7) is 4.58. The lowest BCUT2D eigenvalue weighted by atomic mass is 10.2. The van der Waals surface area contributed by atoms with Crippen LogP contribution in [0.15, 0.2) is 41.6 Å². The molecule has 2 aromatic carbocycles. The smallest absolute Gasteiger partial charge is 0.338 e. The average molecular weight is 458 g/mol. The zero-order chi connectivity index (χ0) is 23.3. The Bertz CT molecular complexity index is 1180. The van der Waals surface area contributed by atoms with Gasteiger partial charge in [0.15, 0.2) is 5.16 Å². The lowest BCUT2D eigenvalue weighted by Crippen LogP contribution is -2.15. The molecule has 0 aliphatic rings. The lowest BCUT2D eigenvalue weighted by molar-refractivity contribution is -0.384. The van der Waals surface area contributed by atoms with Crippen LogP contribution in [0.3, 0.4) is 0 Å². The van der Waals surface area contributed by atoms with Gasteiger partial charge < -0.3 is 19.4 Å². The highest BCUT2D eigenvalue weighted by Gasteiger charge is 2.19. The standard InChI is InChI=1S/C21H22N4O6S/c1-4-24-17-9-6-13(20(27)31-5-2)10-16(17)23-21(24)32-12-19(26)22-15-8-7-14(30-3)11-18(15)25(28)29/h6-11H,4-5,12H2,1-3H3,(H,22,26). The first-order valence-electron chi connectivity index (χ1n) is 9.80. The molecule has 1 N–H and O–H groups in total. The van der Waals surface area contributed by atoms with Gasteiger partial charge in [-0.05, 0) is 44.2 Å². The van der Waals surface area contributed by atoms with E-state index >= 15 is 0 Å². The summed E-state index contributed by atoms with van der Waals surface area (Å²) in [4.78, 5) is 39.7. The van der Waals surface area contributed by atoms with Crippen LogP contribution in [0, 0.1) is 10.1 Å². The van der Waals surface area contributed by atoms with Crippen LogP contribution in [0.2, 0.25) is 0 Å². The molecule has 11 heteroatoms. The lowest BCUT2D eigenvalue weighted by Gasteiger charge is -2.08. The molecule has 0 fully saturated rings. The minimum Gasteiger partial charge on any atom is -0.496 e. The Morgan fingerprint density at radius 2 is 2.00 bits per heavy atom. The van der Waals surface area contributed by atoms with Crippen molar-refractivity contribution in [1.29, 1.82) is 0 Å². The van der Waals surface area contributed by atoms with Crippen molar-refractivity contribution in [1.82, 2.24) is 9.55 Å². The number of carbonyl (C=O) groups is 2. The van der Waals surface area contributed by atoms with Crippen molar-refractivity contribution in [3.63, 3.8) is 0 Å². The maximum atomic E-state index is 12.5. The number of methoxy groups -OCH3 is 1. The molecular formula is C21H22N4O6S. The van der Waals surface area contributed by atoms with E-state index in [0.29, 0.717) is 28.5 Å². The SMILES string of the molecule is CCOC(=O)c1ccc2c(c1)nc(SCC(=O)Nc1ccc(OC)cc1[N+](=O)[O-])n2CC. The Balaban J connectivity index is 1.76. The van der Waals surface area contributed by atoms with Crippen LogP contribution in [0.1, 0.15) is 24.2 Å². The molecule has 0 radical (unpaired) electrons. The summed E-state index contributed by atoms with van der Waals surface area (Å²) >= 11 is 1.20. The highest BCUT2D eigenvalue weighted by atomic mass is 32.2. The van der Waals surface area contributed by atoms with E-state index in [2.05, 4.69) is 10.3 Å². The summed E-state index contributed by atoms with van der Waals surface area (Å²) in [5, 5.41) is 14.5. The second-order valence-corrected chi connectivity index (χ2v) is 7.48. The van der Waals surface area contributed by atoms with Crippen molar-refractivity contribution in [3.8, 4) is 5.75 Å². The molecular weight excluding hydrogens is 436 g/mol. The van der Waals surface area contributed by atoms with Crippen LogP contribution in [-0.4, -0.2) is 45.8 Å². The largest absolute Gasteiger partial charge is 0.496 e. The number of fused-ring (bicyclic) bond motifs is 1. The number of esters is 1. The summed E-state index contributed by atoms with van der Waals surface area (Å²) in [5.74, 6) is -0.514. The molecule has 0 bridgehead atoms. The third kappa shape index (κ3) is 4.99. The van der Waals surface area contributed by atoms with E-state index in [1.807, 2.05) is 11.5 Å². The van der Waals surface area contributed by atoms with Crippen LogP contribution in [-0.2, 0) is 16.1 Å². The van der Waals surface area contributed by atoms with Gasteiger partial charge in [0.05, 0.1) is 47.1 Å². The number of nitro groups is 1. The Hall–Kier alpha value is -3.60. The number of carbonyl (C=O) groups excluding carboxylic acids is 2. The summed E-state index contributed by atoms with van der Waals surface area (Å²) in [6, 6.07) is 9.34. The minimum atomic E-state index is -0.580. The van der Waals surface area contributed by atoms with Gasteiger partial charge in [-0.1, -0.05) is 11.8 Å². The monoisotopic (exact) mass is 458 g/mol. The fourth-order valence-electron chi connectivity index (χ4n) is 3.08. The molecule has 0 spiro atoms. The molecule has 32 heavy (non-hydrogen) atoms. The molecule has 0 unspecified atom stereocenters. The highest BCUT2D eigenvalue weighted by molar-refractivity contribution is 7.99. The zero-order valence-electron chi connectivity index (χ0n) is 17.8. The van der Waals surface area contributed by atoms with E-state index in [-0.39, 0.29) is 23.7 Å². The van der Waals surface area contributed by atoms with E-state index in [4.69, 9.17) is 9.47 Å². The molecule has 168 valence electrons. The van der Waals surface area contributed by atoms with Crippen molar-refractivity contribution >= 4 is 46.0 Å². The maximum absolute atomic E-state index is 12.5. The molecule has 3 rings (SSSR count). The molecule has 0 saturated carbocycles. The number of rotatable bonds is 9. The Labute approximate surface area is 188 Å². The third-order valence-corrected chi connectivity index (χ3v) is 5.53. The van der Waals surface area contributed by atoms with Gasteiger partial charge in [0.25, 0.3) is 5.69 Å². The first-order chi connectivity index (χ1) is 15.4. The number of aryl methyl sites for hydroxylation is 1. The van der Waals surface area contributed by atoms with Gasteiger partial charge in [-0.3, -0.25) is 14.9 Å². The van der Waals surface area contributed by atoms with Crippen LogP contribution in [0.5, 0.6) is 5.75 Å². The third-order valence-electron chi connectivity index (χ3n) is 4.55. The van der Waals surface area contributed by atoms with E-state index in [9.17, 15) is 19.7 Å². The second kappa shape index (κ2) is 10.1. The molecule has 1 amide bonds. The normalized spacial score (nSPS) is 10.7. The van der Waals surface area contributed by atoms with Crippen molar-refractivity contribution < 1.29 is 24.0 Å². The molecule has 10 nitrogen and oxygen atoms in total. The van der Waals surface area contributed by atoms with Crippen molar-refractivity contribution in [2.75, 3.05) is 24.8 Å². The number of aromatic nitrogens is 2. The second-order valence-electron chi connectivity index (χ2n) is 6.54. The first kappa shape index (κ1) is 23.1. The summed E-state index contributed by atoms with van der Waals surface area (Å²) in [6.07, 6.45) is 0. The van der Waals surface area contributed by atoms with Crippen LogP contribution < -0.4 is 10.1 Å². The van der Waals surface area contributed by atoms with E-state index < -0.39 is 16.8 Å². The maximum Gasteiger partial charge on any atom is 0.338 e. The number of hydrogen-bond acceptors (Lipinski definition) is 8. The Kier molecular flexibility index (Phi) is 7.31. The molecule has 1 heterocycles. The van der Waals surface area contributed by atoms with Gasteiger partial charge in [0.2, 0.25) is 5.91 Å². The zero-order valence-corrected chi connectivity index (χ0v) is 18.6. The number of imidazole rings is 1. The molecule has 0 atom stereocenters. The molecule has 0 saturated heterocycles. The number of anilines is 1. The molecule has 0 aliphatic heterocycles. The predicted octanol–water partition coefficient (Wildman–Crippen LogP) is 3.88. The number of hydrogen-bond donors (Lipinski definition) is 1. The number of nitrogens with one attached hydrogen (secondary N) is 1. The highest BCUT2D eigenvalue weighted by Crippen LogP contribution is 2.30. The van der Waals surface area contributed by atoms with Crippen molar-refractivity contribution in [2.24, 2.45) is 0 Å². The number of thioether (sulfide) groups is 1. The van der Waals surface area contributed by atoms with Gasteiger partial charge in [-0.15, -0.1) is 0 Å². The number of ether oxygens (including phenoxy) is 2. The molecule has 3 aromatic rings. The Morgan fingerprint density at radius 1 is 1.22 bits per heavy atom. The van der Waals surface area contributed by atoms with E-state index in [1.54, 1.807) is 25.1 Å².